The van der Waals surface area contributed by atoms with Crippen molar-refractivity contribution < 1.29 is 28.6 Å². The second-order valence-corrected chi connectivity index (χ2v) is 7.55. The molecule has 7 heteroatoms. The summed E-state index contributed by atoms with van der Waals surface area (Å²) < 4.78 is 15.4. The van der Waals surface area contributed by atoms with Crippen LogP contribution in [0.4, 0.5) is 5.69 Å². The molecule has 0 bridgehead atoms. The highest BCUT2D eigenvalue weighted by molar-refractivity contribution is 6.10. The van der Waals surface area contributed by atoms with E-state index in [-0.39, 0.29) is 23.7 Å². The Kier molecular flexibility index (Phi) is 7.13. The number of para-hydroxylation sites is 1. The number of anilines is 1. The Balaban J connectivity index is 2.24. The minimum absolute atomic E-state index is 0.0160. The van der Waals surface area contributed by atoms with E-state index in [4.69, 9.17) is 14.2 Å². The molecule has 0 amide bonds. The molecule has 1 aromatic carbocycles. The average molecular weight is 415 g/mol. The van der Waals surface area contributed by atoms with Crippen molar-refractivity contribution in [2.45, 2.75) is 51.1 Å². The van der Waals surface area contributed by atoms with Crippen LogP contribution < -0.4 is 4.90 Å². The molecule has 2 aliphatic rings. The standard InChI is InChI=1S/C23H29NO6/c1-4-30-23(27)20-18(22(26)29-3)17(21(25)28-2)19(15-11-7-5-8-12-15)24(20)16-13-9-6-10-14-16/h6,9-10,13-15,19-20H,4-5,7-8,11-12H2,1-3H3/t19-,20+/m1/s1. The maximum atomic E-state index is 13.1. The van der Waals surface area contributed by atoms with Gasteiger partial charge < -0.3 is 19.1 Å². The van der Waals surface area contributed by atoms with Gasteiger partial charge in [-0.05, 0) is 37.8 Å². The summed E-state index contributed by atoms with van der Waals surface area (Å²) in [5.41, 5.74) is 0.965. The van der Waals surface area contributed by atoms with Crippen LogP contribution in [0, 0.1) is 5.92 Å². The Morgan fingerprint density at radius 1 is 0.933 bits per heavy atom. The van der Waals surface area contributed by atoms with E-state index in [0.717, 1.165) is 37.8 Å². The van der Waals surface area contributed by atoms with Gasteiger partial charge in [-0.2, -0.15) is 0 Å². The average Bonchev–Trinajstić information content (AvgIpc) is 3.15. The van der Waals surface area contributed by atoms with E-state index < -0.39 is 30.0 Å². The van der Waals surface area contributed by atoms with Gasteiger partial charge in [0.1, 0.15) is 0 Å². The van der Waals surface area contributed by atoms with E-state index in [1.165, 1.54) is 14.2 Å². The topological polar surface area (TPSA) is 82.1 Å². The Hall–Kier alpha value is -2.83. The number of esters is 3. The van der Waals surface area contributed by atoms with E-state index in [1.54, 1.807) is 6.92 Å². The van der Waals surface area contributed by atoms with Crippen molar-refractivity contribution in [1.82, 2.24) is 0 Å². The predicted octanol–water partition coefficient (Wildman–Crippen LogP) is 3.03. The van der Waals surface area contributed by atoms with Gasteiger partial charge in [0.25, 0.3) is 0 Å². The number of carbonyl (C=O) groups is 3. The van der Waals surface area contributed by atoms with E-state index in [2.05, 4.69) is 0 Å². The number of nitrogens with zero attached hydrogens (tertiary/aromatic N) is 1. The summed E-state index contributed by atoms with van der Waals surface area (Å²) in [6.45, 7) is 1.87. The summed E-state index contributed by atoms with van der Waals surface area (Å²) >= 11 is 0. The van der Waals surface area contributed by atoms with Gasteiger partial charge in [0, 0.05) is 5.69 Å². The third kappa shape index (κ3) is 4.06. The van der Waals surface area contributed by atoms with Crippen LogP contribution in [0.2, 0.25) is 0 Å². The molecular formula is C23H29NO6. The van der Waals surface area contributed by atoms with Crippen LogP contribution >= 0.6 is 0 Å². The first-order valence-electron chi connectivity index (χ1n) is 10.5. The molecule has 162 valence electrons. The molecule has 2 atom stereocenters. The van der Waals surface area contributed by atoms with Gasteiger partial charge in [0.15, 0.2) is 6.04 Å². The number of carbonyl (C=O) groups excluding carboxylic acids is 3. The molecule has 30 heavy (non-hydrogen) atoms. The number of hydrogen-bond donors (Lipinski definition) is 0. The quantitative estimate of drug-likeness (QED) is 0.522. The van der Waals surface area contributed by atoms with Crippen molar-refractivity contribution >= 4 is 23.6 Å². The van der Waals surface area contributed by atoms with Crippen molar-refractivity contribution in [2.24, 2.45) is 5.92 Å². The fourth-order valence-corrected chi connectivity index (χ4v) is 4.69. The molecule has 1 saturated carbocycles. The molecule has 1 fully saturated rings. The summed E-state index contributed by atoms with van der Waals surface area (Å²) in [6, 6.07) is 7.82. The maximum absolute atomic E-state index is 13.1. The fourth-order valence-electron chi connectivity index (χ4n) is 4.69. The highest BCUT2D eigenvalue weighted by atomic mass is 16.5. The van der Waals surface area contributed by atoms with Crippen molar-refractivity contribution in [1.29, 1.82) is 0 Å². The van der Waals surface area contributed by atoms with Gasteiger partial charge in [-0.3, -0.25) is 0 Å². The van der Waals surface area contributed by atoms with Crippen LogP contribution in [0.5, 0.6) is 0 Å². The zero-order valence-electron chi connectivity index (χ0n) is 17.8. The maximum Gasteiger partial charge on any atom is 0.337 e. The molecule has 1 heterocycles. The zero-order chi connectivity index (χ0) is 21.7. The Morgan fingerprint density at radius 3 is 2.10 bits per heavy atom. The molecule has 7 nitrogen and oxygen atoms in total. The lowest BCUT2D eigenvalue weighted by Crippen LogP contribution is -2.48. The largest absolute Gasteiger partial charge is 0.466 e. The van der Waals surface area contributed by atoms with Crippen molar-refractivity contribution in [3.63, 3.8) is 0 Å². The number of ether oxygens (including phenoxy) is 3. The van der Waals surface area contributed by atoms with Crippen molar-refractivity contribution in [2.75, 3.05) is 25.7 Å². The lowest BCUT2D eigenvalue weighted by molar-refractivity contribution is -0.146. The van der Waals surface area contributed by atoms with E-state index in [9.17, 15) is 14.4 Å². The monoisotopic (exact) mass is 415 g/mol. The highest BCUT2D eigenvalue weighted by Crippen LogP contribution is 2.43. The molecule has 0 radical (unpaired) electrons. The fraction of sp³-hybridized carbons (Fsp3) is 0.522. The van der Waals surface area contributed by atoms with Crippen LogP contribution in [-0.2, 0) is 28.6 Å². The summed E-state index contributed by atoms with van der Waals surface area (Å²) in [4.78, 5) is 40.7. The highest BCUT2D eigenvalue weighted by Gasteiger charge is 2.53. The summed E-state index contributed by atoms with van der Waals surface area (Å²) in [5.74, 6) is -1.81. The minimum atomic E-state index is -1.07. The van der Waals surface area contributed by atoms with Crippen molar-refractivity contribution in [3.8, 4) is 0 Å². The van der Waals surface area contributed by atoms with Gasteiger partial charge in [0.2, 0.25) is 0 Å². The molecule has 0 N–H and O–H groups in total. The van der Waals surface area contributed by atoms with Crippen LogP contribution in [0.3, 0.4) is 0 Å². The summed E-state index contributed by atoms with van der Waals surface area (Å²) in [6.07, 6.45) is 5.01. The Labute approximate surface area is 177 Å². The zero-order valence-corrected chi connectivity index (χ0v) is 17.8. The first kappa shape index (κ1) is 21.9. The molecule has 0 aromatic heterocycles. The van der Waals surface area contributed by atoms with Crippen LogP contribution in [0.25, 0.3) is 0 Å². The number of hydrogen-bond acceptors (Lipinski definition) is 7. The first-order chi connectivity index (χ1) is 14.5. The molecular weight excluding hydrogens is 386 g/mol. The predicted molar refractivity (Wildman–Crippen MR) is 111 cm³/mol. The van der Waals surface area contributed by atoms with E-state index in [1.807, 2.05) is 35.2 Å². The lowest BCUT2D eigenvalue weighted by Gasteiger charge is -2.38. The molecule has 1 aliphatic heterocycles. The number of benzene rings is 1. The SMILES string of the molecule is CCOC(=O)[C@@H]1C(C(=O)OC)=C(C(=O)OC)[C@@H](C2CCCCC2)N1c1ccccc1. The minimum Gasteiger partial charge on any atom is -0.466 e. The van der Waals surface area contributed by atoms with Gasteiger partial charge >= 0.3 is 17.9 Å². The molecule has 0 spiro atoms. The Bertz CT molecular complexity index is 812. The molecule has 0 saturated heterocycles. The number of methoxy groups -OCH3 is 2. The Morgan fingerprint density at radius 2 is 1.53 bits per heavy atom. The van der Waals surface area contributed by atoms with Gasteiger partial charge in [-0.1, -0.05) is 37.5 Å². The second kappa shape index (κ2) is 9.78. The molecule has 1 aromatic rings. The lowest BCUT2D eigenvalue weighted by atomic mass is 9.80. The third-order valence-corrected chi connectivity index (χ3v) is 5.91. The molecule has 1 aliphatic carbocycles. The molecule has 0 unspecified atom stereocenters. The van der Waals surface area contributed by atoms with Crippen molar-refractivity contribution in [3.05, 3.63) is 41.5 Å². The normalized spacial score (nSPS) is 22.0. The third-order valence-electron chi connectivity index (χ3n) is 5.91. The van der Waals surface area contributed by atoms with Gasteiger partial charge in [0.05, 0.1) is 38.0 Å². The number of rotatable bonds is 6. The van der Waals surface area contributed by atoms with E-state index in [0.29, 0.717) is 0 Å². The summed E-state index contributed by atoms with van der Waals surface area (Å²) in [5, 5.41) is 0. The van der Waals surface area contributed by atoms with Gasteiger partial charge in [-0.15, -0.1) is 0 Å². The van der Waals surface area contributed by atoms with Crippen LogP contribution in [0.15, 0.2) is 41.5 Å². The summed E-state index contributed by atoms with van der Waals surface area (Å²) in [7, 11) is 2.53. The molecule has 3 rings (SSSR count). The second-order valence-electron chi connectivity index (χ2n) is 7.55. The van der Waals surface area contributed by atoms with Gasteiger partial charge in [-0.25, -0.2) is 14.4 Å². The van der Waals surface area contributed by atoms with Crippen LogP contribution in [0.1, 0.15) is 39.0 Å². The smallest absolute Gasteiger partial charge is 0.337 e. The van der Waals surface area contributed by atoms with E-state index >= 15 is 0 Å². The van der Waals surface area contributed by atoms with Crippen LogP contribution in [-0.4, -0.2) is 50.8 Å². The first-order valence-corrected chi connectivity index (χ1v) is 10.5.